The zero-order valence-corrected chi connectivity index (χ0v) is 11.3. The second kappa shape index (κ2) is 4.16. The Kier molecular flexibility index (Phi) is 3.10. The van der Waals surface area contributed by atoms with Gasteiger partial charge in [-0.1, -0.05) is 6.92 Å². The number of fused-ring (bicyclic) bond motifs is 1. The summed E-state index contributed by atoms with van der Waals surface area (Å²) in [7, 11) is 0. The van der Waals surface area contributed by atoms with Gasteiger partial charge in [0.15, 0.2) is 0 Å². The highest BCUT2D eigenvalue weighted by molar-refractivity contribution is 5.68. The van der Waals surface area contributed by atoms with Gasteiger partial charge in [0.2, 0.25) is 0 Å². The molecule has 0 bridgehead atoms. The summed E-state index contributed by atoms with van der Waals surface area (Å²) in [5.74, 6) is 1.66. The Morgan fingerprint density at radius 3 is 2.53 bits per heavy atom. The van der Waals surface area contributed by atoms with Crippen molar-refractivity contribution in [3.8, 4) is 0 Å². The topological polar surface area (TPSA) is 55.6 Å². The molecule has 0 spiro atoms. The maximum absolute atomic E-state index is 12.0. The van der Waals surface area contributed by atoms with E-state index in [4.69, 9.17) is 10.5 Å². The zero-order chi connectivity index (χ0) is 12.8. The quantitative estimate of drug-likeness (QED) is 0.703. The molecule has 1 heterocycles. The molecule has 1 aliphatic heterocycles. The second-order valence-electron chi connectivity index (χ2n) is 6.57. The van der Waals surface area contributed by atoms with Crippen molar-refractivity contribution < 1.29 is 9.53 Å². The fourth-order valence-electron chi connectivity index (χ4n) is 3.10. The number of hydrogen-bond donors (Lipinski definition) is 1. The van der Waals surface area contributed by atoms with Crippen LogP contribution in [-0.4, -0.2) is 35.7 Å². The molecular formula is C13H24N2O2. The first-order valence-electron chi connectivity index (χ1n) is 6.51. The fourth-order valence-corrected chi connectivity index (χ4v) is 3.10. The highest BCUT2D eigenvalue weighted by Crippen LogP contribution is 2.41. The molecule has 2 aliphatic rings. The van der Waals surface area contributed by atoms with Crippen LogP contribution in [0.25, 0.3) is 0 Å². The molecule has 4 atom stereocenters. The largest absolute Gasteiger partial charge is 0.444 e. The predicted molar refractivity (Wildman–Crippen MR) is 66.5 cm³/mol. The molecule has 2 fully saturated rings. The number of amides is 1. The number of likely N-dealkylation sites (tertiary alicyclic amines) is 1. The molecular weight excluding hydrogens is 216 g/mol. The fraction of sp³-hybridized carbons (Fsp3) is 0.923. The van der Waals surface area contributed by atoms with E-state index in [1.807, 2.05) is 25.7 Å². The summed E-state index contributed by atoms with van der Waals surface area (Å²) >= 11 is 0. The Labute approximate surface area is 103 Å². The van der Waals surface area contributed by atoms with Crippen LogP contribution in [0.2, 0.25) is 0 Å². The first-order chi connectivity index (χ1) is 7.78. The number of carbonyl (C=O) groups excluding carboxylic acids is 1. The smallest absolute Gasteiger partial charge is 0.410 e. The van der Waals surface area contributed by atoms with Gasteiger partial charge in [-0.05, 0) is 44.9 Å². The van der Waals surface area contributed by atoms with Crippen LogP contribution in [0.1, 0.15) is 34.1 Å². The van der Waals surface area contributed by atoms with Crippen LogP contribution in [0.3, 0.4) is 0 Å². The molecule has 4 nitrogen and oxygen atoms in total. The highest BCUT2D eigenvalue weighted by atomic mass is 16.6. The van der Waals surface area contributed by atoms with Gasteiger partial charge in [0.25, 0.3) is 0 Å². The molecule has 1 saturated heterocycles. The van der Waals surface area contributed by atoms with E-state index < -0.39 is 5.60 Å². The molecule has 17 heavy (non-hydrogen) atoms. The minimum Gasteiger partial charge on any atom is -0.444 e. The van der Waals surface area contributed by atoms with Crippen molar-refractivity contribution in [3.63, 3.8) is 0 Å². The Bertz CT molecular complexity index is 311. The lowest BCUT2D eigenvalue weighted by atomic mass is 9.93. The third kappa shape index (κ3) is 2.57. The van der Waals surface area contributed by atoms with E-state index in [1.54, 1.807) is 0 Å². The summed E-state index contributed by atoms with van der Waals surface area (Å²) in [5, 5.41) is 0. The molecule has 2 N–H and O–H groups in total. The van der Waals surface area contributed by atoms with Crippen LogP contribution in [0.5, 0.6) is 0 Å². The molecule has 0 aromatic heterocycles. The summed E-state index contributed by atoms with van der Waals surface area (Å²) in [6.07, 6.45) is 0.873. The lowest BCUT2D eigenvalue weighted by Crippen LogP contribution is -2.37. The van der Waals surface area contributed by atoms with Crippen LogP contribution in [0, 0.1) is 17.8 Å². The summed E-state index contributed by atoms with van der Waals surface area (Å²) in [4.78, 5) is 13.8. The van der Waals surface area contributed by atoms with Crippen molar-refractivity contribution in [2.24, 2.45) is 23.5 Å². The molecule has 1 amide bonds. The van der Waals surface area contributed by atoms with Gasteiger partial charge in [-0.25, -0.2) is 4.79 Å². The Morgan fingerprint density at radius 2 is 2.00 bits per heavy atom. The molecule has 1 aliphatic carbocycles. The second-order valence-corrected chi connectivity index (χ2v) is 6.57. The van der Waals surface area contributed by atoms with Gasteiger partial charge in [-0.3, -0.25) is 0 Å². The average molecular weight is 240 g/mol. The molecule has 4 heteroatoms. The lowest BCUT2D eigenvalue weighted by Gasteiger charge is -2.26. The summed E-state index contributed by atoms with van der Waals surface area (Å²) in [6.45, 7) is 9.54. The maximum Gasteiger partial charge on any atom is 0.410 e. The van der Waals surface area contributed by atoms with Gasteiger partial charge in [0.05, 0.1) is 0 Å². The van der Waals surface area contributed by atoms with Crippen molar-refractivity contribution in [3.05, 3.63) is 0 Å². The van der Waals surface area contributed by atoms with Gasteiger partial charge in [0, 0.05) is 19.1 Å². The van der Waals surface area contributed by atoms with Crippen LogP contribution in [0.15, 0.2) is 0 Å². The van der Waals surface area contributed by atoms with Crippen molar-refractivity contribution in [1.82, 2.24) is 4.90 Å². The Balaban J connectivity index is 1.94. The molecule has 1 saturated carbocycles. The van der Waals surface area contributed by atoms with Crippen LogP contribution < -0.4 is 5.73 Å². The molecule has 4 unspecified atom stereocenters. The van der Waals surface area contributed by atoms with Crippen molar-refractivity contribution in [2.75, 3.05) is 13.1 Å². The van der Waals surface area contributed by atoms with Gasteiger partial charge in [-0.2, -0.15) is 0 Å². The van der Waals surface area contributed by atoms with Crippen LogP contribution >= 0.6 is 0 Å². The Hall–Kier alpha value is -0.770. The third-order valence-corrected chi connectivity index (χ3v) is 4.07. The van der Waals surface area contributed by atoms with Crippen LogP contribution in [0.4, 0.5) is 4.79 Å². The molecule has 98 valence electrons. The van der Waals surface area contributed by atoms with Gasteiger partial charge in [-0.15, -0.1) is 0 Å². The first-order valence-corrected chi connectivity index (χ1v) is 6.51. The standard InChI is InChI=1S/C13H24N2O2/c1-8-10-7-15(6-9(10)5-11(8)14)12(16)17-13(2,3)4/h8-11H,5-7,14H2,1-4H3. The van der Waals surface area contributed by atoms with E-state index in [9.17, 15) is 4.79 Å². The molecule has 0 aromatic carbocycles. The van der Waals surface area contributed by atoms with Crippen LogP contribution in [-0.2, 0) is 4.74 Å². The summed E-state index contributed by atoms with van der Waals surface area (Å²) < 4.78 is 5.40. The molecule has 2 rings (SSSR count). The average Bonchev–Trinajstić information content (AvgIpc) is 2.66. The monoisotopic (exact) mass is 240 g/mol. The number of hydrogen-bond acceptors (Lipinski definition) is 3. The first kappa shape index (κ1) is 12.7. The number of ether oxygens (including phenoxy) is 1. The van der Waals surface area contributed by atoms with Gasteiger partial charge in [0.1, 0.15) is 5.60 Å². The van der Waals surface area contributed by atoms with E-state index in [2.05, 4.69) is 6.92 Å². The van der Waals surface area contributed by atoms with Gasteiger partial charge >= 0.3 is 6.09 Å². The maximum atomic E-state index is 12.0. The lowest BCUT2D eigenvalue weighted by molar-refractivity contribution is 0.0275. The summed E-state index contributed by atoms with van der Waals surface area (Å²) in [6, 6.07) is 0.311. The third-order valence-electron chi connectivity index (χ3n) is 4.07. The van der Waals surface area contributed by atoms with E-state index in [0.29, 0.717) is 23.8 Å². The zero-order valence-electron chi connectivity index (χ0n) is 11.3. The summed E-state index contributed by atoms with van der Waals surface area (Å²) in [5.41, 5.74) is 5.65. The van der Waals surface area contributed by atoms with E-state index in [1.165, 1.54) is 0 Å². The highest BCUT2D eigenvalue weighted by Gasteiger charge is 2.46. The molecule has 0 radical (unpaired) electrons. The van der Waals surface area contributed by atoms with E-state index in [0.717, 1.165) is 19.5 Å². The molecule has 0 aromatic rings. The van der Waals surface area contributed by atoms with Crippen molar-refractivity contribution >= 4 is 6.09 Å². The van der Waals surface area contributed by atoms with E-state index >= 15 is 0 Å². The normalized spacial score (nSPS) is 37.1. The van der Waals surface area contributed by atoms with Gasteiger partial charge < -0.3 is 15.4 Å². The minimum absolute atomic E-state index is 0.173. The number of nitrogens with zero attached hydrogens (tertiary/aromatic N) is 1. The van der Waals surface area contributed by atoms with Crippen molar-refractivity contribution in [1.29, 1.82) is 0 Å². The predicted octanol–water partition coefficient (Wildman–Crippen LogP) is 1.84. The number of nitrogens with two attached hydrogens (primary N) is 1. The van der Waals surface area contributed by atoms with E-state index in [-0.39, 0.29) is 6.09 Å². The van der Waals surface area contributed by atoms with Crippen molar-refractivity contribution in [2.45, 2.75) is 45.8 Å². The number of carbonyl (C=O) groups is 1. The Morgan fingerprint density at radius 1 is 1.35 bits per heavy atom. The minimum atomic E-state index is -0.406. The number of rotatable bonds is 0. The SMILES string of the molecule is CC1C(N)CC2CN(C(=O)OC(C)(C)C)CC21.